The zero-order valence-corrected chi connectivity index (χ0v) is 46.9. The highest BCUT2D eigenvalue weighted by Crippen LogP contribution is 2.60. The Labute approximate surface area is 485 Å². The molecule has 4 nitrogen and oxygen atoms in total. The minimum atomic E-state index is -0.0752. The van der Waals surface area contributed by atoms with Crippen molar-refractivity contribution in [1.29, 1.82) is 0 Å². The van der Waals surface area contributed by atoms with Crippen LogP contribution in [0.5, 0.6) is 0 Å². The van der Waals surface area contributed by atoms with E-state index in [1.807, 2.05) is 0 Å². The zero-order valence-electron chi connectivity index (χ0n) is 46.9. The van der Waals surface area contributed by atoms with Crippen LogP contribution in [0.25, 0.3) is 143 Å². The molecule has 4 aliphatic rings. The molecule has 84 heavy (non-hydrogen) atoms. The van der Waals surface area contributed by atoms with Gasteiger partial charge in [0.15, 0.2) is 0 Å². The first-order valence-electron chi connectivity index (χ1n) is 29.5. The third-order valence-electron chi connectivity index (χ3n) is 19.8. The zero-order chi connectivity index (χ0) is 55.5. The molecule has 13 aromatic carbocycles. The summed E-state index contributed by atoms with van der Waals surface area (Å²) >= 11 is 0. The lowest BCUT2D eigenvalue weighted by Crippen LogP contribution is -2.16. The summed E-state index contributed by atoms with van der Waals surface area (Å²) in [7, 11) is 0. The number of rotatable bonds is 5. The van der Waals surface area contributed by atoms with E-state index < -0.39 is 0 Å². The van der Waals surface area contributed by atoms with Crippen molar-refractivity contribution < 1.29 is 4.42 Å². The number of hydrogen-bond donors (Lipinski definition) is 0. The Bertz CT molecular complexity index is 5600. The fraction of sp³-hybridized carbons (Fsp3) is 0.0750. The number of hydrogen-bond acceptors (Lipinski definition) is 2. The Morgan fingerprint density at radius 3 is 1.52 bits per heavy atom. The molecule has 4 heteroatoms. The number of fused-ring (bicyclic) bond motifs is 5. The Kier molecular flexibility index (Phi) is 8.90. The smallest absolute Gasteiger partial charge is 0.136 e. The van der Waals surface area contributed by atoms with Gasteiger partial charge in [-0.2, -0.15) is 0 Å². The Morgan fingerprint density at radius 1 is 0.286 bits per heavy atom. The summed E-state index contributed by atoms with van der Waals surface area (Å²) in [4.78, 5) is 2.40. The standard InChI is InChI=1S/C52H38N2.C28H15NO/c1-51(2)40-17-9-8-14-36(40)37-27-26-35(30-43(37)51)53(32-12-6-5-7-13-32)33-22-24-34(25-23-33)54-44-19-11-16-39-38-15-10-18-41-47(38)49-42(52(41,3)4)28-20-31-21-29-45(54)50(46(31)49)48(39)44;1-2-6-17(7-3-1)29-20-10-4-8-18-19-9-5-11-22-26(19)28-23(30-22)15-13-16-12-14-21(29)27(24(16)28)25(18)20/h5-30H,1-4H3;1-15H. The highest BCUT2D eigenvalue weighted by Gasteiger charge is 2.41. The predicted octanol–water partition coefficient (Wildman–Crippen LogP) is 21.8. The Morgan fingerprint density at radius 2 is 0.774 bits per heavy atom. The second-order valence-corrected chi connectivity index (χ2v) is 24.7. The van der Waals surface area contributed by atoms with Gasteiger partial charge in [-0.05, 0) is 180 Å². The monoisotopic (exact) mass is 1070 g/mol. The second-order valence-electron chi connectivity index (χ2n) is 24.7. The van der Waals surface area contributed by atoms with Crippen molar-refractivity contribution in [1.82, 2.24) is 9.13 Å². The van der Waals surface area contributed by atoms with Crippen LogP contribution in [0, 0.1) is 0 Å². The summed E-state index contributed by atoms with van der Waals surface area (Å²) in [5.74, 6) is 0. The molecule has 0 bridgehead atoms. The van der Waals surface area contributed by atoms with Gasteiger partial charge in [-0.15, -0.1) is 0 Å². The molecule has 0 aliphatic heterocycles. The van der Waals surface area contributed by atoms with Crippen molar-refractivity contribution in [3.05, 3.63) is 271 Å². The molecule has 16 aromatic rings. The van der Waals surface area contributed by atoms with Crippen LogP contribution in [0.4, 0.5) is 17.1 Å². The quantitative estimate of drug-likeness (QED) is 0.172. The molecule has 20 rings (SSSR count). The highest BCUT2D eigenvalue weighted by molar-refractivity contribution is 6.38. The molecule has 0 N–H and O–H groups in total. The first-order valence-corrected chi connectivity index (χ1v) is 29.5. The number of aromatic nitrogens is 2. The minimum absolute atomic E-state index is 0.0516. The molecule has 394 valence electrons. The van der Waals surface area contributed by atoms with Crippen molar-refractivity contribution in [2.75, 3.05) is 4.90 Å². The van der Waals surface area contributed by atoms with E-state index >= 15 is 0 Å². The summed E-state index contributed by atoms with van der Waals surface area (Å²) < 4.78 is 11.2. The summed E-state index contributed by atoms with van der Waals surface area (Å²) in [6.45, 7) is 9.50. The fourth-order valence-electron chi connectivity index (χ4n) is 16.1. The van der Waals surface area contributed by atoms with E-state index in [2.05, 4.69) is 290 Å². The summed E-state index contributed by atoms with van der Waals surface area (Å²) in [5, 5.41) is 13.1. The van der Waals surface area contributed by atoms with E-state index in [1.165, 1.54) is 154 Å². The lowest BCUT2D eigenvalue weighted by molar-refractivity contribution is 0.660. The minimum Gasteiger partial charge on any atom is -0.456 e. The predicted molar refractivity (Wildman–Crippen MR) is 352 cm³/mol. The molecule has 0 saturated carbocycles. The van der Waals surface area contributed by atoms with Crippen molar-refractivity contribution in [3.63, 3.8) is 0 Å². The lowest BCUT2D eigenvalue weighted by Gasteiger charge is -2.28. The summed E-state index contributed by atoms with van der Waals surface area (Å²) in [6.07, 6.45) is 0. The van der Waals surface area contributed by atoms with Crippen LogP contribution in [0.2, 0.25) is 0 Å². The third kappa shape index (κ3) is 5.82. The average Bonchev–Trinajstić information content (AvgIpc) is 1.66. The van der Waals surface area contributed by atoms with Gasteiger partial charge in [0.1, 0.15) is 11.2 Å². The average molecular weight is 1070 g/mol. The van der Waals surface area contributed by atoms with E-state index in [9.17, 15) is 0 Å². The number of furan rings is 1. The normalized spacial score (nSPS) is 14.1. The largest absolute Gasteiger partial charge is 0.456 e. The van der Waals surface area contributed by atoms with Crippen molar-refractivity contribution in [2.45, 2.75) is 38.5 Å². The molecular formula is C80H53N3O. The van der Waals surface area contributed by atoms with Crippen molar-refractivity contribution in [3.8, 4) is 55.9 Å². The molecule has 4 aliphatic carbocycles. The van der Waals surface area contributed by atoms with E-state index in [0.29, 0.717) is 0 Å². The molecule has 0 unspecified atom stereocenters. The number of nitrogens with zero attached hydrogens (tertiary/aromatic N) is 3. The van der Waals surface area contributed by atoms with Crippen LogP contribution in [0.3, 0.4) is 0 Å². The third-order valence-corrected chi connectivity index (χ3v) is 19.8. The fourth-order valence-corrected chi connectivity index (χ4v) is 16.1. The molecule has 0 fully saturated rings. The SMILES string of the molecule is CC1(C)c2ccccc2-c2ccc(N(c3ccccc3)c3ccc(-n4c5cccc6c5c5c7c8c(ccc7ccc54)C(C)(C)c4cccc-6c4-8)cc3)cc21.c1ccc(-n2c3cccc4c3c3c5c(ccc6oc7cccc-4c7c65)ccc32)cc1. The number of benzene rings is 13. The molecule has 0 amide bonds. The number of para-hydroxylation sites is 2. The molecule has 3 heterocycles. The van der Waals surface area contributed by atoms with E-state index in [1.54, 1.807) is 0 Å². The molecular weight excluding hydrogens is 1020 g/mol. The highest BCUT2D eigenvalue weighted by atomic mass is 16.3. The van der Waals surface area contributed by atoms with E-state index in [4.69, 9.17) is 4.42 Å². The summed E-state index contributed by atoms with van der Waals surface area (Å²) in [6, 6.07) is 91.8. The molecule has 0 saturated heterocycles. The van der Waals surface area contributed by atoms with Crippen LogP contribution in [0.1, 0.15) is 49.9 Å². The molecule has 0 spiro atoms. The van der Waals surface area contributed by atoms with Gasteiger partial charge in [-0.25, -0.2) is 0 Å². The van der Waals surface area contributed by atoms with Gasteiger partial charge in [0, 0.05) is 77.0 Å². The molecule has 0 radical (unpaired) electrons. The Hall–Kier alpha value is -10.4. The topological polar surface area (TPSA) is 26.2 Å². The van der Waals surface area contributed by atoms with Gasteiger partial charge in [-0.1, -0.05) is 179 Å². The number of anilines is 3. The van der Waals surface area contributed by atoms with Crippen molar-refractivity contribution >= 4 is 104 Å². The van der Waals surface area contributed by atoms with Crippen molar-refractivity contribution in [2.24, 2.45) is 0 Å². The first-order chi connectivity index (χ1) is 41.2. The van der Waals surface area contributed by atoms with Crippen LogP contribution >= 0.6 is 0 Å². The lowest BCUT2D eigenvalue weighted by atomic mass is 9.81. The summed E-state index contributed by atoms with van der Waals surface area (Å²) in [5.41, 5.74) is 29.0. The van der Waals surface area contributed by atoms with Gasteiger partial charge in [0.2, 0.25) is 0 Å². The van der Waals surface area contributed by atoms with E-state index in [-0.39, 0.29) is 10.8 Å². The molecule has 0 atom stereocenters. The van der Waals surface area contributed by atoms with Gasteiger partial charge in [0.05, 0.1) is 22.1 Å². The van der Waals surface area contributed by atoms with Crippen LogP contribution in [0.15, 0.2) is 253 Å². The molecule has 3 aromatic heterocycles. The first kappa shape index (κ1) is 46.2. The van der Waals surface area contributed by atoms with Crippen LogP contribution in [-0.4, -0.2) is 9.13 Å². The second kappa shape index (κ2) is 16.2. The van der Waals surface area contributed by atoms with E-state index in [0.717, 1.165) is 28.2 Å². The van der Waals surface area contributed by atoms with Gasteiger partial charge in [-0.3, -0.25) is 0 Å². The maximum absolute atomic E-state index is 6.30. The van der Waals surface area contributed by atoms with Gasteiger partial charge < -0.3 is 18.5 Å². The van der Waals surface area contributed by atoms with Crippen LogP contribution < -0.4 is 4.90 Å². The Balaban J connectivity index is 0.000000145. The van der Waals surface area contributed by atoms with Crippen LogP contribution in [-0.2, 0) is 10.8 Å². The maximum atomic E-state index is 6.30. The van der Waals surface area contributed by atoms with Gasteiger partial charge in [0.25, 0.3) is 0 Å². The maximum Gasteiger partial charge on any atom is 0.136 e. The van der Waals surface area contributed by atoms with Gasteiger partial charge >= 0.3 is 0 Å².